The molecule has 0 aliphatic carbocycles. The Morgan fingerprint density at radius 1 is 0.343 bits per heavy atom. The summed E-state index contributed by atoms with van der Waals surface area (Å²) in [5.41, 5.74) is 52.0. The molecule has 4 aromatic carbocycles. The van der Waals surface area contributed by atoms with Crippen molar-refractivity contribution in [1.29, 1.82) is 21.6 Å². The largest absolute Gasteiger partial charge is 0.508 e. The number of nitrogens with two attached hydrogens (primary N) is 9. The van der Waals surface area contributed by atoms with Gasteiger partial charge in [0.05, 0.1) is 6.04 Å². The lowest BCUT2D eigenvalue weighted by atomic mass is 10.00. The predicted octanol–water partition coefficient (Wildman–Crippen LogP) is -6.43. The summed E-state index contributed by atoms with van der Waals surface area (Å²) in [6.07, 6.45) is -0.238. The van der Waals surface area contributed by atoms with E-state index in [4.69, 9.17) is 73.2 Å². The van der Waals surface area contributed by atoms with E-state index in [1.807, 2.05) is 18.2 Å². The Labute approximate surface area is 838 Å². The molecule has 143 heavy (non-hydrogen) atoms. The van der Waals surface area contributed by atoms with Crippen molar-refractivity contribution < 1.29 is 92.0 Å². The average molecular weight is 2040 g/mol. The van der Waals surface area contributed by atoms with Crippen molar-refractivity contribution in [3.63, 3.8) is 0 Å². The zero-order valence-electron chi connectivity index (χ0n) is 79.7. The van der Waals surface area contributed by atoms with Crippen LogP contribution in [0.2, 0.25) is 0 Å². The van der Waals surface area contributed by atoms with Gasteiger partial charge in [-0.2, -0.15) is 25.3 Å². The first-order chi connectivity index (χ1) is 68.1. The summed E-state index contributed by atoms with van der Waals surface area (Å²) in [5, 5.41) is 109. The summed E-state index contributed by atoms with van der Waals surface area (Å²) in [6.45, 7) is 0.264. The van der Waals surface area contributed by atoms with E-state index in [0.29, 0.717) is 36.0 Å². The monoisotopic (exact) mass is 2040 g/mol. The van der Waals surface area contributed by atoms with Gasteiger partial charge in [0.25, 0.3) is 0 Å². The topological polar surface area (TPSA) is 883 Å². The number of urea groups is 2. The summed E-state index contributed by atoms with van der Waals surface area (Å²) < 4.78 is 0. The van der Waals surface area contributed by atoms with E-state index in [0.717, 1.165) is 10.8 Å². The lowest BCUT2D eigenvalue weighted by molar-refractivity contribution is -0.142. The van der Waals surface area contributed by atoms with E-state index in [1.165, 1.54) is 53.4 Å². The highest BCUT2D eigenvalue weighted by molar-refractivity contribution is 7.80. The van der Waals surface area contributed by atoms with Gasteiger partial charge in [0.15, 0.2) is 23.8 Å². The molecule has 14 atom stereocenters. The van der Waals surface area contributed by atoms with Crippen LogP contribution >= 0.6 is 25.3 Å². The summed E-state index contributed by atoms with van der Waals surface area (Å²) >= 11 is 8.68. The summed E-state index contributed by atoms with van der Waals surface area (Å²) in [7, 11) is 0. The molecular weight excluding hydrogens is 1900 g/mol. The maximum Gasteiger partial charge on any atom is 0.326 e. The fourth-order valence-corrected chi connectivity index (χ4v) is 15.8. The van der Waals surface area contributed by atoms with Crippen LogP contribution in [0.15, 0.2) is 91.0 Å². The van der Waals surface area contributed by atoms with Crippen LogP contribution in [0, 0.1) is 21.6 Å². The van der Waals surface area contributed by atoms with E-state index < -0.39 is 197 Å². The van der Waals surface area contributed by atoms with Crippen molar-refractivity contribution in [2.75, 3.05) is 70.4 Å². The normalized spacial score (nSPS) is 14.8. The number of aliphatic carboxylic acids is 1. The van der Waals surface area contributed by atoms with Crippen molar-refractivity contribution in [3.8, 4) is 11.5 Å². The lowest BCUT2D eigenvalue weighted by Crippen LogP contribution is -2.61. The first-order valence-electron chi connectivity index (χ1n) is 47.1. The smallest absolute Gasteiger partial charge is 0.326 e. The van der Waals surface area contributed by atoms with Crippen molar-refractivity contribution in [3.05, 3.63) is 108 Å². The standard InChI is InChI=1S/C90H142N32O19S2/c91-35-5-3-17-58(111-72(126)61(21-10-41-108-89(102)140)113-77(131)65(45-50-26-31-55(123)32-27-50)118-81(135)69(49-143)121-79(133)67(47-52-25-30-53-14-1-2-15-54(53)44-52)117-75(129)59(19-8-38-105-86(96)97)110-71(125)57(93)16-7-37-104-85(94)95)74(128)115-63(18-4-6-36-92)83(137)122-43-13-24-70(122)82(136)119-66(46-51-28-33-56(124)34-29-51)78(132)114-60(20-9-39-106-87(98)99)73(127)112-62(22-11-42-109-90(103)141)76(130)120-68(48-142)80(134)116-64(84(138)139)23-12-40-107-88(100)101/h1-2,14-15,25-34,44,57-70,123-124,142-143H,3-13,16-24,35-43,45-49,91-93H2,(H,110,125)(H,111,126)(H,112,127)(H,113,131)(H,114,132)(H,115,128)(H,116,134)(H,117,129)(H,118,135)(H,119,136)(H,120,130)(H,121,133)(H,138,139)(H4,94,95,104)(H4,96,97,105)(H4,98,99,106)(H4,100,101,107)(H3,102,108,140)(H3,103,109,141)/t57-,58-,59-,60-,61-,62-,63+,64-,65-,66-,67-,68-,69-,70-/m0/s1. The fraction of sp³-hybridized carbons (Fsp3) is 0.533. The third kappa shape index (κ3) is 44.9. The quantitative estimate of drug-likeness (QED) is 0.00846. The molecule has 53 heteroatoms. The zero-order valence-corrected chi connectivity index (χ0v) is 81.5. The Kier molecular flexibility index (Phi) is 53.3. The number of hydrogen-bond donors (Lipinski definition) is 36. The second-order valence-electron chi connectivity index (χ2n) is 34.2. The molecule has 1 aliphatic rings. The number of nitrogens with zero attached hydrogens (tertiary/aromatic N) is 1. The maximum absolute atomic E-state index is 15.4. The number of nitrogens with one attached hydrogen (secondary N) is 22. The molecule has 0 spiro atoms. The highest BCUT2D eigenvalue weighted by Gasteiger charge is 2.42. The van der Waals surface area contributed by atoms with E-state index in [1.54, 1.807) is 24.3 Å². The predicted molar refractivity (Wildman–Crippen MR) is 539 cm³/mol. The number of hydrogen-bond acceptors (Lipinski definition) is 27. The lowest BCUT2D eigenvalue weighted by Gasteiger charge is -2.31. The van der Waals surface area contributed by atoms with E-state index in [-0.39, 0.29) is 217 Å². The van der Waals surface area contributed by atoms with Gasteiger partial charge in [0.1, 0.15) is 90.0 Å². The molecule has 0 aromatic heterocycles. The van der Waals surface area contributed by atoms with Crippen molar-refractivity contribution in [2.45, 2.75) is 232 Å². The Balaban J connectivity index is 1.47. The highest BCUT2D eigenvalue weighted by atomic mass is 32.1. The fourth-order valence-electron chi connectivity index (χ4n) is 15.3. The van der Waals surface area contributed by atoms with Gasteiger partial charge in [-0.3, -0.25) is 84.0 Å². The molecule has 43 N–H and O–H groups in total. The van der Waals surface area contributed by atoms with Crippen molar-refractivity contribution in [2.24, 2.45) is 51.6 Å². The Morgan fingerprint density at radius 3 is 1.01 bits per heavy atom. The Morgan fingerprint density at radius 2 is 0.636 bits per heavy atom. The number of phenolic OH excluding ortho intramolecular Hbond substituents is 2. The molecule has 17 amide bonds. The van der Waals surface area contributed by atoms with E-state index in [9.17, 15) is 63.3 Å². The van der Waals surface area contributed by atoms with Crippen LogP contribution in [0.1, 0.15) is 145 Å². The second kappa shape index (κ2) is 64.1. The molecule has 1 fully saturated rings. The molecule has 788 valence electrons. The minimum Gasteiger partial charge on any atom is -0.508 e. The van der Waals surface area contributed by atoms with Gasteiger partial charge in [-0.25, -0.2) is 14.4 Å². The van der Waals surface area contributed by atoms with Crippen LogP contribution in [0.3, 0.4) is 0 Å². The number of carbonyl (C=O) groups excluding carboxylic acids is 15. The highest BCUT2D eigenvalue weighted by Crippen LogP contribution is 2.24. The molecule has 4 aromatic rings. The van der Waals surface area contributed by atoms with Gasteiger partial charge < -0.3 is 168 Å². The molecule has 0 unspecified atom stereocenters. The van der Waals surface area contributed by atoms with Gasteiger partial charge in [-0.15, -0.1) is 0 Å². The number of fused-ring (bicyclic) bond motifs is 1. The SMILES string of the molecule is N=C(N)NCCC[C@H](NC(=O)[C@H](CS)NC(=O)[C@H](CCCNC(N)=O)NC(=O)[C@H](CCCNC(=N)N)NC(=O)[C@H](Cc1ccc(O)cc1)NC(=O)[C@@H]1CCCN1C(=O)[C@@H](CCCCN)NC(=O)[C@H](CCCCN)NC(=O)[C@H](CCCNC(N)=O)NC(=O)[C@H](Cc1ccc(O)cc1)NC(=O)[C@H](CS)NC(=O)[C@H](Cc1ccc2ccccc2c1)NC(=O)[C@H](CCCNC(=N)N)NC(=O)[C@@H](N)CCCNC(=N)N)C(=O)O. The minimum atomic E-state index is -1.65. The molecule has 1 aliphatic heterocycles. The molecular formula is C90H142N32O19S2. The number of rotatable bonds is 66. The number of amides is 17. The molecule has 0 saturated carbocycles. The number of thiol groups is 2. The molecule has 0 radical (unpaired) electrons. The molecule has 0 bridgehead atoms. The van der Waals surface area contributed by atoms with Gasteiger partial charge in [-0.1, -0.05) is 66.7 Å². The number of carboxylic acids is 1. The molecule has 51 nitrogen and oxygen atoms in total. The summed E-state index contributed by atoms with van der Waals surface area (Å²) in [6, 6.07) is 0.843. The third-order valence-electron chi connectivity index (χ3n) is 22.9. The number of unbranched alkanes of at least 4 members (excludes halogenated alkanes) is 2. The second-order valence-corrected chi connectivity index (χ2v) is 35.0. The van der Waals surface area contributed by atoms with Crippen LogP contribution in [0.5, 0.6) is 11.5 Å². The Bertz CT molecular complexity index is 4940. The van der Waals surface area contributed by atoms with E-state index in [2.05, 4.69) is 121 Å². The summed E-state index contributed by atoms with van der Waals surface area (Å²) in [5.74, 6) is -16.2. The van der Waals surface area contributed by atoms with Gasteiger partial charge in [0, 0.05) is 76.6 Å². The van der Waals surface area contributed by atoms with Crippen LogP contribution < -0.4 is 147 Å². The number of phenols is 2. The van der Waals surface area contributed by atoms with Crippen LogP contribution in [0.4, 0.5) is 9.59 Å². The number of likely N-dealkylation sites (tertiary alicyclic amines) is 1. The molecule has 1 heterocycles. The van der Waals surface area contributed by atoms with Crippen LogP contribution in [-0.2, 0) is 86.4 Å². The minimum absolute atomic E-state index is 0.00380. The number of aromatic hydroxyl groups is 2. The zero-order chi connectivity index (χ0) is 106. The Hall–Kier alpha value is -14.5. The van der Waals surface area contributed by atoms with Gasteiger partial charge >= 0.3 is 18.0 Å². The molecule has 5 rings (SSSR count). The van der Waals surface area contributed by atoms with Crippen LogP contribution in [0.25, 0.3) is 10.8 Å². The maximum atomic E-state index is 15.4. The third-order valence-corrected chi connectivity index (χ3v) is 23.6. The first kappa shape index (κ1) is 119. The number of benzene rings is 4. The van der Waals surface area contributed by atoms with Gasteiger partial charge in [-0.05, 0) is 193 Å². The van der Waals surface area contributed by atoms with Gasteiger partial charge in [0.2, 0.25) is 76.8 Å². The number of guanidine groups is 4. The number of carbonyl (C=O) groups is 16. The van der Waals surface area contributed by atoms with Crippen LogP contribution in [-0.4, -0.2) is 294 Å². The number of carboxylic acid groups (broad SMARTS) is 1. The average Bonchev–Trinajstić information content (AvgIpc) is 1.45. The van der Waals surface area contributed by atoms with E-state index >= 15 is 28.8 Å². The first-order valence-corrected chi connectivity index (χ1v) is 48.4. The van der Waals surface area contributed by atoms with Crippen molar-refractivity contribution in [1.82, 2.24) is 101 Å². The van der Waals surface area contributed by atoms with Crippen molar-refractivity contribution >= 4 is 155 Å². The summed E-state index contributed by atoms with van der Waals surface area (Å²) in [4.78, 5) is 229. The molecule has 1 saturated heterocycles. The number of primary amides is 2.